The maximum atomic E-state index is 3.40. The highest BCUT2D eigenvalue weighted by Gasteiger charge is 2.30. The Kier molecular flexibility index (Phi) is 1.44. The molecule has 0 fully saturated rings. The van der Waals surface area contributed by atoms with Crippen molar-refractivity contribution in [3.05, 3.63) is 34.6 Å². The molecule has 1 nitrogen and oxygen atoms in total. The van der Waals surface area contributed by atoms with E-state index in [1.54, 1.807) is 0 Å². The summed E-state index contributed by atoms with van der Waals surface area (Å²) in [5, 5.41) is 0. The summed E-state index contributed by atoms with van der Waals surface area (Å²) in [6.07, 6.45) is 5.68. The minimum atomic E-state index is 0.477. The molecule has 0 amide bonds. The van der Waals surface area contributed by atoms with Crippen molar-refractivity contribution in [3.63, 3.8) is 0 Å². The fourth-order valence-electron chi connectivity index (χ4n) is 1.94. The van der Waals surface area contributed by atoms with Gasteiger partial charge in [-0.2, -0.15) is 0 Å². The number of likely N-dealkylation sites (N-methyl/N-ethyl adjacent to an activating group) is 1. The highest BCUT2D eigenvalue weighted by molar-refractivity contribution is 5.51. The molecule has 1 aliphatic carbocycles. The number of nitrogens with zero attached hydrogens (tertiary/aromatic N) is 1. The summed E-state index contributed by atoms with van der Waals surface area (Å²) in [7, 11) is 2.15. The van der Waals surface area contributed by atoms with Gasteiger partial charge in [0.05, 0.1) is 6.04 Å². The van der Waals surface area contributed by atoms with Crippen LogP contribution in [0.25, 0.3) is 0 Å². The van der Waals surface area contributed by atoms with Crippen LogP contribution < -0.4 is 0 Å². The zero-order valence-corrected chi connectivity index (χ0v) is 8.10. The molecule has 63 valence electrons. The van der Waals surface area contributed by atoms with Crippen LogP contribution in [0.4, 0.5) is 0 Å². The highest BCUT2D eigenvalue weighted by atomic mass is 15.2. The maximum Gasteiger partial charge on any atom is 0.0735 e. The third-order valence-electron chi connectivity index (χ3n) is 2.93. The van der Waals surface area contributed by atoms with Gasteiger partial charge in [-0.1, -0.05) is 6.08 Å². The first-order valence-electron chi connectivity index (χ1n) is 4.34. The van der Waals surface area contributed by atoms with Gasteiger partial charge in [-0.05, 0) is 43.6 Å². The lowest BCUT2D eigenvalue weighted by molar-refractivity contribution is 0.418. The smallest absolute Gasteiger partial charge is 0.0735 e. The van der Waals surface area contributed by atoms with E-state index in [1.807, 2.05) is 0 Å². The zero-order valence-electron chi connectivity index (χ0n) is 8.10. The second-order valence-electron chi connectivity index (χ2n) is 3.65. The Morgan fingerprint density at radius 3 is 2.58 bits per heavy atom. The largest absolute Gasteiger partial charge is 0.367 e. The Morgan fingerprint density at radius 1 is 1.33 bits per heavy atom. The zero-order chi connectivity index (χ0) is 8.88. The standard InChI is InChI=1S/C11H14N/c1-7-5-10-8(2)9(3)12(4)11(10)6-7/h6,11H,1-4H3. The predicted molar refractivity (Wildman–Crippen MR) is 50.4 cm³/mol. The molecule has 1 unspecified atom stereocenters. The Balaban J connectivity index is 2.47. The van der Waals surface area contributed by atoms with Gasteiger partial charge in [0, 0.05) is 12.7 Å². The number of allylic oxidation sites excluding steroid dienone is 3. The van der Waals surface area contributed by atoms with Crippen LogP contribution >= 0.6 is 0 Å². The predicted octanol–water partition coefficient (Wildman–Crippen LogP) is 2.28. The number of fused-ring (bicyclic) bond motifs is 1. The molecule has 2 aliphatic rings. The van der Waals surface area contributed by atoms with Crippen LogP contribution in [0.5, 0.6) is 0 Å². The van der Waals surface area contributed by atoms with Crippen molar-refractivity contribution in [1.82, 2.24) is 4.90 Å². The van der Waals surface area contributed by atoms with E-state index in [0.29, 0.717) is 6.04 Å². The van der Waals surface area contributed by atoms with Gasteiger partial charge in [-0.25, -0.2) is 0 Å². The van der Waals surface area contributed by atoms with Crippen LogP contribution in [-0.4, -0.2) is 18.0 Å². The normalized spacial score (nSPS) is 27.7. The first-order valence-corrected chi connectivity index (χ1v) is 4.34. The van der Waals surface area contributed by atoms with E-state index >= 15 is 0 Å². The Bertz CT molecular complexity index is 318. The molecule has 0 N–H and O–H groups in total. The van der Waals surface area contributed by atoms with Crippen molar-refractivity contribution in [2.24, 2.45) is 0 Å². The lowest BCUT2D eigenvalue weighted by atomic mass is 10.1. The van der Waals surface area contributed by atoms with Gasteiger partial charge >= 0.3 is 0 Å². The summed E-state index contributed by atoms with van der Waals surface area (Å²) in [4.78, 5) is 2.31. The SMILES string of the molecule is CC1=CC2C(=[C]1)C(C)=C(C)N2C. The van der Waals surface area contributed by atoms with Gasteiger partial charge in [-0.15, -0.1) is 0 Å². The molecule has 1 heterocycles. The molecule has 0 aromatic rings. The number of rotatable bonds is 0. The van der Waals surface area contributed by atoms with Gasteiger partial charge < -0.3 is 4.90 Å². The summed E-state index contributed by atoms with van der Waals surface area (Å²) < 4.78 is 0. The average molecular weight is 160 g/mol. The van der Waals surface area contributed by atoms with Crippen molar-refractivity contribution in [2.75, 3.05) is 7.05 Å². The number of hydrogen-bond donors (Lipinski definition) is 0. The summed E-state index contributed by atoms with van der Waals surface area (Å²) in [6.45, 7) is 6.47. The third kappa shape index (κ3) is 0.795. The molecular formula is C11H14N. The van der Waals surface area contributed by atoms with Gasteiger partial charge in [0.1, 0.15) is 0 Å². The van der Waals surface area contributed by atoms with E-state index in [4.69, 9.17) is 0 Å². The minimum Gasteiger partial charge on any atom is -0.367 e. The van der Waals surface area contributed by atoms with E-state index in [-0.39, 0.29) is 0 Å². The second kappa shape index (κ2) is 2.25. The van der Waals surface area contributed by atoms with Crippen molar-refractivity contribution < 1.29 is 0 Å². The van der Waals surface area contributed by atoms with Crippen LogP contribution in [0.15, 0.2) is 28.5 Å². The monoisotopic (exact) mass is 160 g/mol. The summed E-state index contributed by atoms with van der Waals surface area (Å²) in [5.41, 5.74) is 5.42. The quantitative estimate of drug-likeness (QED) is 0.525. The van der Waals surface area contributed by atoms with Crippen molar-refractivity contribution in [3.8, 4) is 0 Å². The highest BCUT2D eigenvalue weighted by Crippen LogP contribution is 2.36. The van der Waals surface area contributed by atoms with Crippen molar-refractivity contribution >= 4 is 0 Å². The van der Waals surface area contributed by atoms with E-state index in [1.165, 1.54) is 22.4 Å². The van der Waals surface area contributed by atoms with Crippen LogP contribution in [0, 0.1) is 6.08 Å². The molecule has 0 spiro atoms. The molecule has 1 aliphatic heterocycles. The Hall–Kier alpha value is -0.980. The molecule has 0 aromatic carbocycles. The summed E-state index contributed by atoms with van der Waals surface area (Å²) >= 11 is 0. The van der Waals surface area contributed by atoms with Crippen LogP contribution in [0.3, 0.4) is 0 Å². The summed E-state index contributed by atoms with van der Waals surface area (Å²) in [6, 6.07) is 0.477. The van der Waals surface area contributed by atoms with Crippen molar-refractivity contribution in [1.29, 1.82) is 0 Å². The minimum absolute atomic E-state index is 0.477. The van der Waals surface area contributed by atoms with Gasteiger partial charge in [0.25, 0.3) is 0 Å². The molecule has 0 saturated carbocycles. The molecule has 1 atom stereocenters. The summed E-state index contributed by atoms with van der Waals surface area (Å²) in [5.74, 6) is 0. The molecule has 2 rings (SSSR count). The lowest BCUT2D eigenvalue weighted by Crippen LogP contribution is -2.22. The molecule has 1 heteroatoms. The first kappa shape index (κ1) is 7.66. The number of hydrogen-bond acceptors (Lipinski definition) is 1. The molecule has 0 aromatic heterocycles. The molecule has 1 radical (unpaired) electrons. The van der Waals surface area contributed by atoms with Crippen LogP contribution in [-0.2, 0) is 0 Å². The lowest BCUT2D eigenvalue weighted by Gasteiger charge is -2.19. The first-order chi connectivity index (χ1) is 5.61. The van der Waals surface area contributed by atoms with E-state index < -0.39 is 0 Å². The Morgan fingerprint density at radius 2 is 2.00 bits per heavy atom. The van der Waals surface area contributed by atoms with Crippen molar-refractivity contribution in [2.45, 2.75) is 26.8 Å². The molecule has 12 heavy (non-hydrogen) atoms. The fraction of sp³-hybridized carbons (Fsp3) is 0.455. The molecular weight excluding hydrogens is 146 g/mol. The van der Waals surface area contributed by atoms with Gasteiger partial charge in [-0.3, -0.25) is 0 Å². The van der Waals surface area contributed by atoms with E-state index in [2.05, 4.69) is 44.9 Å². The molecule has 0 bridgehead atoms. The van der Waals surface area contributed by atoms with E-state index in [0.717, 1.165) is 0 Å². The second-order valence-corrected chi connectivity index (χ2v) is 3.65. The van der Waals surface area contributed by atoms with E-state index in [9.17, 15) is 0 Å². The van der Waals surface area contributed by atoms with Gasteiger partial charge in [0.15, 0.2) is 0 Å². The maximum absolute atomic E-state index is 3.40. The van der Waals surface area contributed by atoms with Gasteiger partial charge in [0.2, 0.25) is 0 Å². The molecule has 0 saturated heterocycles. The third-order valence-corrected chi connectivity index (χ3v) is 2.93. The van der Waals surface area contributed by atoms with Crippen LogP contribution in [0.1, 0.15) is 20.8 Å². The average Bonchev–Trinajstić information content (AvgIpc) is 2.49. The topological polar surface area (TPSA) is 3.24 Å². The van der Waals surface area contributed by atoms with Crippen LogP contribution in [0.2, 0.25) is 0 Å². The Labute approximate surface area is 74.1 Å². The fourth-order valence-corrected chi connectivity index (χ4v) is 1.94.